The van der Waals surface area contributed by atoms with Gasteiger partial charge in [-0.25, -0.2) is 9.59 Å². The highest BCUT2D eigenvalue weighted by Crippen LogP contribution is 2.07. The van der Waals surface area contributed by atoms with Gasteiger partial charge in [-0.1, -0.05) is 51.7 Å². The van der Waals surface area contributed by atoms with Gasteiger partial charge in [-0.15, -0.1) is 0 Å². The number of ether oxygens (including phenoxy) is 1. The van der Waals surface area contributed by atoms with Crippen LogP contribution < -0.4 is 0 Å². The van der Waals surface area contributed by atoms with Gasteiger partial charge in [0.25, 0.3) is 0 Å². The minimum absolute atomic E-state index is 0.210. The van der Waals surface area contributed by atoms with Crippen LogP contribution in [-0.2, 0) is 14.3 Å². The minimum Gasteiger partial charge on any atom is -0.478 e. The summed E-state index contributed by atoms with van der Waals surface area (Å²) in [6, 6.07) is 0. The summed E-state index contributed by atoms with van der Waals surface area (Å²) in [5.74, 6) is -1.48. The van der Waals surface area contributed by atoms with Crippen LogP contribution in [0.2, 0.25) is 0 Å². The van der Waals surface area contributed by atoms with E-state index in [1.807, 2.05) is 0 Å². The van der Waals surface area contributed by atoms with E-state index in [0.29, 0.717) is 6.61 Å². The normalized spacial score (nSPS) is 10.6. The van der Waals surface area contributed by atoms with Crippen LogP contribution >= 0.6 is 0 Å². The van der Waals surface area contributed by atoms with E-state index in [2.05, 4.69) is 13.5 Å². The molecule has 0 atom stereocenters. The van der Waals surface area contributed by atoms with Crippen molar-refractivity contribution in [1.29, 1.82) is 0 Å². The summed E-state index contributed by atoms with van der Waals surface area (Å²) in [5.41, 5.74) is 0.281. The summed E-state index contributed by atoms with van der Waals surface area (Å²) >= 11 is 0. The second kappa shape index (κ2) is 11.5. The molecule has 0 aliphatic heterocycles. The average molecular weight is 268 g/mol. The second-order valence-electron chi connectivity index (χ2n) is 4.45. The van der Waals surface area contributed by atoms with Gasteiger partial charge in [-0.3, -0.25) is 0 Å². The molecule has 19 heavy (non-hydrogen) atoms. The molecule has 0 aromatic carbocycles. The van der Waals surface area contributed by atoms with Crippen LogP contribution in [0.4, 0.5) is 0 Å². The standard InChI is InChI=1S/C15H24O4/c1-3-4-5-6-7-8-12-19-15(18)13(2)10-9-11-14(16)17/h9,11H,2-8,10,12H2,1H3,(H,16,17)/b11-9+. The van der Waals surface area contributed by atoms with E-state index in [-0.39, 0.29) is 12.0 Å². The topological polar surface area (TPSA) is 63.6 Å². The Bertz CT molecular complexity index is 318. The SMILES string of the molecule is C=C(C/C=C/C(=O)O)C(=O)OCCCCCCCC. The maximum Gasteiger partial charge on any atom is 0.333 e. The average Bonchev–Trinajstić information content (AvgIpc) is 2.36. The lowest BCUT2D eigenvalue weighted by molar-refractivity contribution is -0.139. The molecule has 0 aromatic rings. The van der Waals surface area contributed by atoms with Crippen molar-refractivity contribution in [2.45, 2.75) is 51.9 Å². The van der Waals surface area contributed by atoms with Gasteiger partial charge >= 0.3 is 11.9 Å². The maximum absolute atomic E-state index is 11.5. The van der Waals surface area contributed by atoms with Gasteiger partial charge in [0.2, 0.25) is 0 Å². The zero-order valence-corrected chi connectivity index (χ0v) is 11.7. The number of carboxylic acid groups (broad SMARTS) is 1. The largest absolute Gasteiger partial charge is 0.478 e. The van der Waals surface area contributed by atoms with Crippen LogP contribution in [0, 0.1) is 0 Å². The molecule has 0 rings (SSSR count). The van der Waals surface area contributed by atoms with Gasteiger partial charge in [0, 0.05) is 11.6 Å². The minimum atomic E-state index is -1.03. The number of carbonyl (C=O) groups excluding carboxylic acids is 1. The van der Waals surface area contributed by atoms with Crippen LogP contribution in [-0.4, -0.2) is 23.7 Å². The van der Waals surface area contributed by atoms with E-state index in [9.17, 15) is 9.59 Å². The van der Waals surface area contributed by atoms with E-state index >= 15 is 0 Å². The van der Waals surface area contributed by atoms with Crippen molar-refractivity contribution in [1.82, 2.24) is 0 Å². The molecule has 0 amide bonds. The smallest absolute Gasteiger partial charge is 0.333 e. The summed E-state index contributed by atoms with van der Waals surface area (Å²) in [7, 11) is 0. The Labute approximate surface area is 115 Å². The van der Waals surface area contributed by atoms with E-state index in [1.165, 1.54) is 31.8 Å². The lowest BCUT2D eigenvalue weighted by atomic mass is 10.1. The first-order valence-electron chi connectivity index (χ1n) is 6.82. The number of allylic oxidation sites excluding steroid dienone is 1. The summed E-state index contributed by atoms with van der Waals surface area (Å²) in [5, 5.41) is 8.39. The van der Waals surface area contributed by atoms with Gasteiger partial charge in [0.1, 0.15) is 0 Å². The van der Waals surface area contributed by atoms with Crippen molar-refractivity contribution in [3.8, 4) is 0 Å². The lowest BCUT2D eigenvalue weighted by Crippen LogP contribution is -2.08. The molecule has 0 aliphatic rings. The second-order valence-corrected chi connectivity index (χ2v) is 4.45. The Morgan fingerprint density at radius 3 is 2.42 bits per heavy atom. The highest BCUT2D eigenvalue weighted by molar-refractivity contribution is 5.88. The van der Waals surface area contributed by atoms with Gasteiger partial charge in [0.15, 0.2) is 0 Å². The number of hydrogen-bond donors (Lipinski definition) is 1. The number of aliphatic carboxylic acids is 1. The fraction of sp³-hybridized carbons (Fsp3) is 0.600. The number of carboxylic acids is 1. The highest BCUT2D eigenvalue weighted by atomic mass is 16.5. The van der Waals surface area contributed by atoms with Crippen molar-refractivity contribution >= 4 is 11.9 Å². The first-order valence-corrected chi connectivity index (χ1v) is 6.82. The first-order chi connectivity index (χ1) is 9.07. The molecule has 0 spiro atoms. The fourth-order valence-electron chi connectivity index (χ4n) is 1.53. The van der Waals surface area contributed by atoms with Crippen molar-refractivity contribution in [3.05, 3.63) is 24.3 Å². The Kier molecular flexibility index (Phi) is 10.6. The number of hydrogen-bond acceptors (Lipinski definition) is 3. The third kappa shape index (κ3) is 11.3. The molecule has 0 saturated heterocycles. The van der Waals surface area contributed by atoms with Crippen LogP contribution in [0.5, 0.6) is 0 Å². The van der Waals surface area contributed by atoms with Crippen LogP contribution in [0.25, 0.3) is 0 Å². The molecule has 0 bridgehead atoms. The van der Waals surface area contributed by atoms with Gasteiger partial charge < -0.3 is 9.84 Å². The molecule has 0 saturated carbocycles. The van der Waals surface area contributed by atoms with Crippen molar-refractivity contribution in [3.63, 3.8) is 0 Å². The van der Waals surface area contributed by atoms with E-state index in [1.54, 1.807) is 0 Å². The van der Waals surface area contributed by atoms with Crippen molar-refractivity contribution < 1.29 is 19.4 Å². The molecule has 4 nitrogen and oxygen atoms in total. The zero-order valence-electron chi connectivity index (χ0n) is 11.7. The summed E-state index contributed by atoms with van der Waals surface area (Å²) in [6.45, 7) is 6.15. The molecule has 0 radical (unpaired) electrons. The summed E-state index contributed by atoms with van der Waals surface area (Å²) in [4.78, 5) is 21.7. The first kappa shape index (κ1) is 17.4. The Morgan fingerprint density at radius 1 is 1.16 bits per heavy atom. The number of carbonyl (C=O) groups is 2. The van der Waals surface area contributed by atoms with Gasteiger partial charge in [0.05, 0.1) is 6.61 Å². The molecule has 1 N–H and O–H groups in total. The molecular weight excluding hydrogens is 244 g/mol. The molecule has 0 fully saturated rings. The van der Waals surface area contributed by atoms with Crippen LogP contribution in [0.1, 0.15) is 51.9 Å². The zero-order chi connectivity index (χ0) is 14.5. The lowest BCUT2D eigenvalue weighted by Gasteiger charge is -2.05. The van der Waals surface area contributed by atoms with Crippen molar-refractivity contribution in [2.75, 3.05) is 6.61 Å². The summed E-state index contributed by atoms with van der Waals surface area (Å²) in [6.07, 6.45) is 9.41. The third-order valence-electron chi connectivity index (χ3n) is 2.64. The molecule has 0 heterocycles. The van der Waals surface area contributed by atoms with E-state index in [4.69, 9.17) is 9.84 Å². The van der Waals surface area contributed by atoms with Gasteiger partial charge in [-0.2, -0.15) is 0 Å². The molecule has 108 valence electrons. The molecule has 0 unspecified atom stereocenters. The van der Waals surface area contributed by atoms with Crippen LogP contribution in [0.15, 0.2) is 24.3 Å². The molecule has 0 aromatic heterocycles. The summed E-state index contributed by atoms with van der Waals surface area (Å²) < 4.78 is 5.05. The quantitative estimate of drug-likeness (QED) is 0.354. The van der Waals surface area contributed by atoms with E-state index < -0.39 is 11.9 Å². The van der Waals surface area contributed by atoms with Crippen LogP contribution in [0.3, 0.4) is 0 Å². The fourth-order valence-corrected chi connectivity index (χ4v) is 1.53. The Balaban J connectivity index is 3.57. The monoisotopic (exact) mass is 268 g/mol. The molecular formula is C15H24O4. The van der Waals surface area contributed by atoms with Crippen molar-refractivity contribution in [2.24, 2.45) is 0 Å². The predicted molar refractivity (Wildman–Crippen MR) is 74.9 cm³/mol. The molecule has 0 aliphatic carbocycles. The molecule has 4 heteroatoms. The number of unbranched alkanes of at least 4 members (excludes halogenated alkanes) is 5. The maximum atomic E-state index is 11.5. The van der Waals surface area contributed by atoms with E-state index in [0.717, 1.165) is 18.9 Å². The number of rotatable bonds is 11. The highest BCUT2D eigenvalue weighted by Gasteiger charge is 2.06. The third-order valence-corrected chi connectivity index (χ3v) is 2.64. The number of esters is 1. The Morgan fingerprint density at radius 2 is 1.79 bits per heavy atom. The predicted octanol–water partition coefficient (Wildman–Crippen LogP) is 3.48. The van der Waals surface area contributed by atoms with Gasteiger partial charge in [-0.05, 0) is 12.8 Å². The Hall–Kier alpha value is -1.58.